The maximum Gasteiger partial charge on any atom is 0.332 e. The van der Waals surface area contributed by atoms with E-state index in [-0.39, 0.29) is 12.6 Å². The number of hydrogen-bond acceptors (Lipinski definition) is 6. The quantitative estimate of drug-likeness (QED) is 0.514. The highest BCUT2D eigenvalue weighted by Gasteiger charge is 2.00. The Kier molecular flexibility index (Phi) is 6.85. The number of nitrogens with zero attached hydrogens (tertiary/aromatic N) is 2. The summed E-state index contributed by atoms with van der Waals surface area (Å²) < 4.78 is 9.83. The van der Waals surface area contributed by atoms with E-state index in [4.69, 9.17) is 9.47 Å². The summed E-state index contributed by atoms with van der Waals surface area (Å²) in [6.07, 6.45) is 1.63. The molecule has 0 radical (unpaired) electrons. The Balaban J connectivity index is 1.96. The molecule has 6 nitrogen and oxygen atoms in total. The van der Waals surface area contributed by atoms with Crippen molar-refractivity contribution in [2.75, 3.05) is 26.4 Å². The van der Waals surface area contributed by atoms with E-state index in [1.807, 2.05) is 12.1 Å². The van der Waals surface area contributed by atoms with Crippen LogP contribution in [0.4, 0.5) is 0 Å². The first kappa shape index (κ1) is 13.5. The van der Waals surface area contributed by atoms with E-state index in [0.717, 1.165) is 5.69 Å². The Morgan fingerprint density at radius 2 is 2.41 bits per heavy atom. The van der Waals surface area contributed by atoms with Crippen LogP contribution in [0.25, 0.3) is 0 Å². The predicted octanol–water partition coefficient (Wildman–Crippen LogP) is 0.146. The van der Waals surface area contributed by atoms with Crippen molar-refractivity contribution in [2.45, 2.75) is 13.5 Å². The van der Waals surface area contributed by atoms with Crippen LogP contribution in [0, 0.1) is 0 Å². The summed E-state index contributed by atoms with van der Waals surface area (Å²) in [5, 5.41) is 10.8. The molecule has 0 aromatic carbocycles. The molecule has 0 saturated heterocycles. The van der Waals surface area contributed by atoms with Gasteiger partial charge in [0.25, 0.3) is 0 Å². The molecule has 0 aliphatic heterocycles. The van der Waals surface area contributed by atoms with Crippen LogP contribution in [0.3, 0.4) is 0 Å². The van der Waals surface area contributed by atoms with Gasteiger partial charge in [-0.05, 0) is 19.1 Å². The zero-order valence-electron chi connectivity index (χ0n) is 9.89. The van der Waals surface area contributed by atoms with Crippen molar-refractivity contribution in [3.8, 4) is 0 Å². The Bertz CT molecular complexity index is 319. The predicted molar refractivity (Wildman–Crippen MR) is 61.2 cm³/mol. The molecule has 0 aliphatic rings. The number of aromatic nitrogens is 2. The van der Waals surface area contributed by atoms with Gasteiger partial charge in [-0.25, -0.2) is 4.79 Å². The first-order chi connectivity index (χ1) is 8.33. The van der Waals surface area contributed by atoms with Crippen LogP contribution in [0.15, 0.2) is 18.3 Å². The number of nitrogens with one attached hydrogen (secondary N) is 1. The first-order valence-corrected chi connectivity index (χ1v) is 5.53. The van der Waals surface area contributed by atoms with Gasteiger partial charge in [-0.2, -0.15) is 10.2 Å². The van der Waals surface area contributed by atoms with Crippen LogP contribution >= 0.6 is 0 Å². The molecule has 1 aromatic rings. The summed E-state index contributed by atoms with van der Waals surface area (Å²) >= 11 is 0. The zero-order chi connectivity index (χ0) is 12.3. The van der Waals surface area contributed by atoms with Crippen LogP contribution in [0.1, 0.15) is 12.6 Å². The average molecular weight is 239 g/mol. The molecule has 0 amide bonds. The summed E-state index contributed by atoms with van der Waals surface area (Å²) in [7, 11) is 0. The molecule has 17 heavy (non-hydrogen) atoms. The summed E-state index contributed by atoms with van der Waals surface area (Å²) in [6, 6.07) is 3.72. The minimum absolute atomic E-state index is 0.000657. The van der Waals surface area contributed by atoms with Crippen LogP contribution in [0.2, 0.25) is 0 Å². The summed E-state index contributed by atoms with van der Waals surface area (Å²) in [5.74, 6) is -0.332. The third-order valence-electron chi connectivity index (χ3n) is 1.88. The fraction of sp³-hybridized carbons (Fsp3) is 0.545. The number of hydrogen-bond donors (Lipinski definition) is 1. The average Bonchev–Trinajstić information content (AvgIpc) is 2.35. The van der Waals surface area contributed by atoms with E-state index < -0.39 is 0 Å². The van der Waals surface area contributed by atoms with E-state index >= 15 is 0 Å². The second-order valence-corrected chi connectivity index (χ2v) is 3.25. The molecule has 0 aliphatic carbocycles. The summed E-state index contributed by atoms with van der Waals surface area (Å²) in [4.78, 5) is 10.9. The molecule has 1 heterocycles. The van der Waals surface area contributed by atoms with Crippen molar-refractivity contribution in [1.82, 2.24) is 15.5 Å². The van der Waals surface area contributed by atoms with Gasteiger partial charge in [-0.15, -0.1) is 0 Å². The van der Waals surface area contributed by atoms with Gasteiger partial charge in [0, 0.05) is 19.3 Å². The van der Waals surface area contributed by atoms with Crippen LogP contribution in [-0.2, 0) is 20.8 Å². The number of carbonyl (C=O) groups is 1. The Morgan fingerprint density at radius 3 is 3.12 bits per heavy atom. The van der Waals surface area contributed by atoms with Crippen LogP contribution < -0.4 is 5.32 Å². The lowest BCUT2D eigenvalue weighted by Gasteiger charge is -2.05. The lowest BCUT2D eigenvalue weighted by atomic mass is 10.4. The number of rotatable bonds is 8. The molecular formula is C11H17N3O3. The van der Waals surface area contributed by atoms with Crippen molar-refractivity contribution in [1.29, 1.82) is 0 Å². The molecule has 0 bridgehead atoms. The minimum Gasteiger partial charge on any atom is -0.464 e. The van der Waals surface area contributed by atoms with Crippen LogP contribution in [0.5, 0.6) is 0 Å². The largest absolute Gasteiger partial charge is 0.464 e. The van der Waals surface area contributed by atoms with Gasteiger partial charge >= 0.3 is 5.97 Å². The molecule has 0 atom stereocenters. The van der Waals surface area contributed by atoms with Crippen molar-refractivity contribution in [2.24, 2.45) is 0 Å². The van der Waals surface area contributed by atoms with Crippen molar-refractivity contribution >= 4 is 5.97 Å². The second-order valence-electron chi connectivity index (χ2n) is 3.25. The number of esters is 1. The lowest BCUT2D eigenvalue weighted by Crippen LogP contribution is -2.22. The highest BCUT2D eigenvalue weighted by atomic mass is 16.6. The van der Waals surface area contributed by atoms with Crippen molar-refractivity contribution in [3.63, 3.8) is 0 Å². The second kappa shape index (κ2) is 8.60. The molecule has 1 rings (SSSR count). The Hall–Kier alpha value is -1.53. The smallest absolute Gasteiger partial charge is 0.332 e. The summed E-state index contributed by atoms with van der Waals surface area (Å²) in [5.41, 5.74) is 0.873. The molecule has 1 N–H and O–H groups in total. The molecular weight excluding hydrogens is 222 g/mol. The molecule has 1 aromatic heterocycles. The molecule has 0 saturated carbocycles. The van der Waals surface area contributed by atoms with E-state index in [2.05, 4.69) is 15.5 Å². The SMILES string of the molecule is CCOC(=O)COCCNCc1cccnn1. The van der Waals surface area contributed by atoms with Gasteiger partial charge < -0.3 is 14.8 Å². The fourth-order valence-electron chi connectivity index (χ4n) is 1.15. The van der Waals surface area contributed by atoms with Gasteiger partial charge in [0.15, 0.2) is 0 Å². The molecule has 0 unspecified atom stereocenters. The van der Waals surface area contributed by atoms with E-state index in [1.165, 1.54) is 0 Å². The number of carbonyl (C=O) groups excluding carboxylic acids is 1. The normalized spacial score (nSPS) is 10.2. The van der Waals surface area contributed by atoms with Gasteiger partial charge in [0.05, 0.1) is 18.9 Å². The monoisotopic (exact) mass is 239 g/mol. The highest BCUT2D eigenvalue weighted by Crippen LogP contribution is 1.89. The number of ether oxygens (including phenoxy) is 2. The standard InChI is InChI=1S/C11H17N3O3/c1-2-17-11(15)9-16-7-6-12-8-10-4-3-5-13-14-10/h3-5,12H,2,6-9H2,1H3. The molecule has 94 valence electrons. The fourth-order valence-corrected chi connectivity index (χ4v) is 1.15. The zero-order valence-corrected chi connectivity index (χ0v) is 9.89. The van der Waals surface area contributed by atoms with E-state index in [9.17, 15) is 4.79 Å². The summed E-state index contributed by atoms with van der Waals surface area (Å²) in [6.45, 7) is 3.89. The Labute approximate surface area is 100 Å². The maximum absolute atomic E-state index is 10.9. The van der Waals surface area contributed by atoms with Crippen LogP contribution in [-0.4, -0.2) is 42.5 Å². The topological polar surface area (TPSA) is 73.3 Å². The van der Waals surface area contributed by atoms with Crippen molar-refractivity contribution < 1.29 is 14.3 Å². The van der Waals surface area contributed by atoms with Gasteiger partial charge in [0.2, 0.25) is 0 Å². The van der Waals surface area contributed by atoms with E-state index in [1.54, 1.807) is 13.1 Å². The van der Waals surface area contributed by atoms with Gasteiger partial charge in [-0.1, -0.05) is 0 Å². The first-order valence-electron chi connectivity index (χ1n) is 5.53. The van der Waals surface area contributed by atoms with Crippen molar-refractivity contribution in [3.05, 3.63) is 24.0 Å². The third kappa shape index (κ3) is 6.60. The van der Waals surface area contributed by atoms with Gasteiger partial charge in [-0.3, -0.25) is 0 Å². The minimum atomic E-state index is -0.332. The maximum atomic E-state index is 10.9. The third-order valence-corrected chi connectivity index (χ3v) is 1.88. The van der Waals surface area contributed by atoms with E-state index in [0.29, 0.717) is 26.3 Å². The molecule has 0 fully saturated rings. The lowest BCUT2D eigenvalue weighted by molar-refractivity contribution is -0.148. The molecule has 6 heteroatoms. The molecule has 0 spiro atoms. The van der Waals surface area contributed by atoms with Gasteiger partial charge in [0.1, 0.15) is 6.61 Å². The Morgan fingerprint density at radius 1 is 1.53 bits per heavy atom. The highest BCUT2D eigenvalue weighted by molar-refractivity contribution is 5.70.